The molecule has 0 bridgehead atoms. The van der Waals surface area contributed by atoms with Gasteiger partial charge in [0.1, 0.15) is 11.6 Å². The fourth-order valence-electron chi connectivity index (χ4n) is 1.80. The van der Waals surface area contributed by atoms with E-state index in [9.17, 15) is 8.78 Å². The zero-order valence-electron chi connectivity index (χ0n) is 10.5. The molecule has 0 spiro atoms. The SMILES string of the molecule is CC(NCc1ccc(F)cc1F)c1ccc(Cl)cc1. The molecule has 0 saturated heterocycles. The van der Waals surface area contributed by atoms with Crippen LogP contribution in [-0.2, 0) is 6.54 Å². The lowest BCUT2D eigenvalue weighted by molar-refractivity contribution is 0.533. The smallest absolute Gasteiger partial charge is 0.130 e. The summed E-state index contributed by atoms with van der Waals surface area (Å²) < 4.78 is 26.2. The van der Waals surface area contributed by atoms with Gasteiger partial charge in [0.15, 0.2) is 0 Å². The van der Waals surface area contributed by atoms with Crippen molar-refractivity contribution in [3.8, 4) is 0 Å². The number of hydrogen-bond donors (Lipinski definition) is 1. The fraction of sp³-hybridized carbons (Fsp3) is 0.200. The van der Waals surface area contributed by atoms with Crippen LogP contribution in [0.25, 0.3) is 0 Å². The molecule has 1 nitrogen and oxygen atoms in total. The molecule has 0 aliphatic rings. The summed E-state index contributed by atoms with van der Waals surface area (Å²) in [6, 6.07) is 11.1. The van der Waals surface area contributed by atoms with Crippen LogP contribution < -0.4 is 5.32 Å². The highest BCUT2D eigenvalue weighted by Gasteiger charge is 2.07. The first kappa shape index (κ1) is 14.0. The quantitative estimate of drug-likeness (QED) is 0.872. The van der Waals surface area contributed by atoms with Gasteiger partial charge < -0.3 is 5.32 Å². The molecule has 4 heteroatoms. The van der Waals surface area contributed by atoms with Crippen LogP contribution in [0.4, 0.5) is 8.78 Å². The summed E-state index contributed by atoms with van der Waals surface area (Å²) >= 11 is 5.82. The van der Waals surface area contributed by atoms with Crippen molar-refractivity contribution >= 4 is 11.6 Å². The van der Waals surface area contributed by atoms with Crippen LogP contribution in [0.3, 0.4) is 0 Å². The van der Waals surface area contributed by atoms with Gasteiger partial charge >= 0.3 is 0 Å². The molecular weight excluding hydrogens is 268 g/mol. The fourth-order valence-corrected chi connectivity index (χ4v) is 1.92. The van der Waals surface area contributed by atoms with Gasteiger partial charge in [-0.05, 0) is 30.7 Å². The highest BCUT2D eigenvalue weighted by molar-refractivity contribution is 6.30. The van der Waals surface area contributed by atoms with E-state index in [0.717, 1.165) is 11.6 Å². The predicted molar refractivity (Wildman–Crippen MR) is 73.1 cm³/mol. The van der Waals surface area contributed by atoms with Crippen LogP contribution in [0.5, 0.6) is 0 Å². The second-order valence-electron chi connectivity index (χ2n) is 4.39. The van der Waals surface area contributed by atoms with E-state index < -0.39 is 11.6 Å². The van der Waals surface area contributed by atoms with E-state index in [1.807, 2.05) is 31.2 Å². The molecule has 0 aliphatic carbocycles. The van der Waals surface area contributed by atoms with Crippen molar-refractivity contribution in [2.75, 3.05) is 0 Å². The first-order valence-corrected chi connectivity index (χ1v) is 6.37. The van der Waals surface area contributed by atoms with Crippen molar-refractivity contribution in [3.05, 3.63) is 70.2 Å². The van der Waals surface area contributed by atoms with E-state index in [1.165, 1.54) is 12.1 Å². The minimum atomic E-state index is -0.563. The number of hydrogen-bond acceptors (Lipinski definition) is 1. The lowest BCUT2D eigenvalue weighted by Gasteiger charge is -2.14. The normalized spacial score (nSPS) is 12.4. The van der Waals surface area contributed by atoms with Crippen LogP contribution in [-0.4, -0.2) is 0 Å². The van der Waals surface area contributed by atoms with Gasteiger partial charge in [0.25, 0.3) is 0 Å². The number of rotatable bonds is 4. The zero-order valence-corrected chi connectivity index (χ0v) is 11.2. The summed E-state index contributed by atoms with van der Waals surface area (Å²) in [5.41, 5.74) is 1.51. The van der Waals surface area contributed by atoms with Crippen molar-refractivity contribution < 1.29 is 8.78 Å². The largest absolute Gasteiger partial charge is 0.306 e. The Morgan fingerprint density at radius 1 is 1.11 bits per heavy atom. The molecule has 0 fully saturated rings. The van der Waals surface area contributed by atoms with E-state index in [0.29, 0.717) is 17.1 Å². The molecule has 1 N–H and O–H groups in total. The topological polar surface area (TPSA) is 12.0 Å². The molecule has 1 unspecified atom stereocenters. The summed E-state index contributed by atoms with van der Waals surface area (Å²) in [6.07, 6.45) is 0. The molecule has 2 rings (SSSR count). The number of halogens is 3. The Bertz CT molecular complexity index is 555. The third kappa shape index (κ3) is 3.75. The lowest BCUT2D eigenvalue weighted by atomic mass is 10.1. The minimum Gasteiger partial charge on any atom is -0.306 e. The van der Waals surface area contributed by atoms with Gasteiger partial charge in [-0.3, -0.25) is 0 Å². The Morgan fingerprint density at radius 2 is 1.79 bits per heavy atom. The molecule has 0 amide bonds. The Kier molecular flexibility index (Phi) is 4.51. The highest BCUT2D eigenvalue weighted by atomic mass is 35.5. The van der Waals surface area contributed by atoms with E-state index in [2.05, 4.69) is 5.32 Å². The maximum Gasteiger partial charge on any atom is 0.130 e. The Balaban J connectivity index is 2.00. The maximum absolute atomic E-state index is 13.5. The second kappa shape index (κ2) is 6.13. The Hall–Kier alpha value is -1.45. The molecule has 2 aromatic rings. The van der Waals surface area contributed by atoms with Crippen LogP contribution in [0.1, 0.15) is 24.1 Å². The monoisotopic (exact) mass is 281 g/mol. The van der Waals surface area contributed by atoms with E-state index in [4.69, 9.17) is 11.6 Å². The summed E-state index contributed by atoms with van der Waals surface area (Å²) in [6.45, 7) is 2.32. The average molecular weight is 282 g/mol. The molecule has 0 saturated carbocycles. The molecule has 0 aliphatic heterocycles. The standard InChI is InChI=1S/C15H14ClF2N/c1-10(11-2-5-13(16)6-3-11)19-9-12-4-7-14(17)8-15(12)18/h2-8,10,19H,9H2,1H3. The molecular formula is C15H14ClF2N. The van der Waals surface area contributed by atoms with Gasteiger partial charge in [-0.15, -0.1) is 0 Å². The maximum atomic E-state index is 13.5. The van der Waals surface area contributed by atoms with E-state index >= 15 is 0 Å². The van der Waals surface area contributed by atoms with Crippen LogP contribution in [0, 0.1) is 11.6 Å². The Morgan fingerprint density at radius 3 is 2.42 bits per heavy atom. The number of benzene rings is 2. The summed E-state index contributed by atoms with van der Waals surface area (Å²) in [5.74, 6) is -1.09. The zero-order chi connectivity index (χ0) is 13.8. The average Bonchev–Trinajstić information content (AvgIpc) is 2.38. The molecule has 1 atom stereocenters. The van der Waals surface area contributed by atoms with Crippen LogP contribution >= 0.6 is 11.6 Å². The summed E-state index contributed by atoms with van der Waals surface area (Å²) in [5, 5.41) is 3.87. The van der Waals surface area contributed by atoms with Crippen molar-refractivity contribution in [3.63, 3.8) is 0 Å². The molecule has 100 valence electrons. The first-order valence-electron chi connectivity index (χ1n) is 5.99. The first-order chi connectivity index (χ1) is 9.06. The third-order valence-electron chi connectivity index (χ3n) is 2.98. The molecule has 0 radical (unpaired) electrons. The van der Waals surface area contributed by atoms with E-state index in [-0.39, 0.29) is 6.04 Å². The minimum absolute atomic E-state index is 0.0571. The van der Waals surface area contributed by atoms with Gasteiger partial charge in [0.2, 0.25) is 0 Å². The van der Waals surface area contributed by atoms with Gasteiger partial charge in [0.05, 0.1) is 0 Å². The van der Waals surface area contributed by atoms with Crippen molar-refractivity contribution in [2.45, 2.75) is 19.5 Å². The van der Waals surface area contributed by atoms with Gasteiger partial charge in [-0.25, -0.2) is 8.78 Å². The van der Waals surface area contributed by atoms with E-state index in [1.54, 1.807) is 0 Å². The molecule has 0 heterocycles. The summed E-state index contributed by atoms with van der Waals surface area (Å²) in [7, 11) is 0. The van der Waals surface area contributed by atoms with Gasteiger partial charge in [-0.2, -0.15) is 0 Å². The summed E-state index contributed by atoms with van der Waals surface area (Å²) in [4.78, 5) is 0. The van der Waals surface area contributed by atoms with Gasteiger partial charge in [-0.1, -0.05) is 29.8 Å². The van der Waals surface area contributed by atoms with Gasteiger partial charge in [0, 0.05) is 29.2 Å². The second-order valence-corrected chi connectivity index (χ2v) is 4.83. The Labute approximate surface area is 116 Å². The number of nitrogens with one attached hydrogen (secondary N) is 1. The highest BCUT2D eigenvalue weighted by Crippen LogP contribution is 2.17. The van der Waals surface area contributed by atoms with Crippen LogP contribution in [0.2, 0.25) is 5.02 Å². The predicted octanol–water partition coefficient (Wildman–Crippen LogP) is 4.47. The van der Waals surface area contributed by atoms with Crippen molar-refractivity contribution in [2.24, 2.45) is 0 Å². The molecule has 19 heavy (non-hydrogen) atoms. The molecule has 0 aromatic heterocycles. The van der Waals surface area contributed by atoms with Crippen LogP contribution in [0.15, 0.2) is 42.5 Å². The lowest BCUT2D eigenvalue weighted by Crippen LogP contribution is -2.18. The molecule has 2 aromatic carbocycles. The third-order valence-corrected chi connectivity index (χ3v) is 3.24. The van der Waals surface area contributed by atoms with Crippen molar-refractivity contribution in [1.82, 2.24) is 5.32 Å². The van der Waals surface area contributed by atoms with Crippen molar-refractivity contribution in [1.29, 1.82) is 0 Å².